The van der Waals surface area contributed by atoms with Crippen LogP contribution in [0.4, 0.5) is 0 Å². The van der Waals surface area contributed by atoms with Gasteiger partial charge in [-0.05, 0) is 76.6 Å². The third-order valence-corrected chi connectivity index (χ3v) is 5.72. The molecule has 9 heteroatoms. The van der Waals surface area contributed by atoms with Crippen molar-refractivity contribution >= 4 is 23.6 Å². The van der Waals surface area contributed by atoms with Crippen LogP contribution in [0.25, 0.3) is 0 Å². The number of nitrogens with zero attached hydrogens (tertiary/aromatic N) is 2. The molecule has 3 rings (SSSR count). The summed E-state index contributed by atoms with van der Waals surface area (Å²) in [6.07, 6.45) is 3.41. The van der Waals surface area contributed by atoms with Crippen LogP contribution in [-0.4, -0.2) is 72.7 Å². The number of benzene rings is 1. The number of unbranched alkanes of at least 4 members (excludes halogenated alkanes) is 1. The van der Waals surface area contributed by atoms with E-state index in [1.165, 1.54) is 0 Å². The van der Waals surface area contributed by atoms with Crippen molar-refractivity contribution in [2.75, 3.05) is 33.2 Å². The predicted octanol–water partition coefficient (Wildman–Crippen LogP) is 0.238. The molecule has 9 nitrogen and oxygen atoms in total. The normalized spacial score (nSPS) is 18.7. The predicted molar refractivity (Wildman–Crippen MR) is 115 cm³/mol. The van der Waals surface area contributed by atoms with Crippen LogP contribution < -0.4 is 16.4 Å². The number of hydrogen-bond acceptors (Lipinski definition) is 7. The molecule has 2 aliphatic heterocycles. The van der Waals surface area contributed by atoms with Gasteiger partial charge in [0, 0.05) is 13.0 Å². The van der Waals surface area contributed by atoms with E-state index in [1.807, 2.05) is 6.07 Å². The van der Waals surface area contributed by atoms with E-state index in [0.29, 0.717) is 24.2 Å². The van der Waals surface area contributed by atoms with Crippen molar-refractivity contribution in [2.45, 2.75) is 44.7 Å². The van der Waals surface area contributed by atoms with Gasteiger partial charge in [0.2, 0.25) is 11.8 Å². The number of nitrogens with one attached hydrogen (secondary N) is 2. The average Bonchev–Trinajstić information content (AvgIpc) is 2.99. The summed E-state index contributed by atoms with van der Waals surface area (Å²) in [7, 11) is 2.10. The van der Waals surface area contributed by atoms with E-state index in [1.54, 1.807) is 12.1 Å². The molecule has 0 aromatic heterocycles. The monoisotopic (exact) mass is 429 g/mol. The molecule has 1 fully saturated rings. The summed E-state index contributed by atoms with van der Waals surface area (Å²) >= 11 is 0. The van der Waals surface area contributed by atoms with Crippen LogP contribution in [0.2, 0.25) is 0 Å². The van der Waals surface area contributed by atoms with Gasteiger partial charge in [0.25, 0.3) is 11.8 Å². The highest BCUT2D eigenvalue weighted by atomic mass is 16.2. The second kappa shape index (κ2) is 10.6. The molecule has 0 saturated carbocycles. The first-order chi connectivity index (χ1) is 14.9. The summed E-state index contributed by atoms with van der Waals surface area (Å²) in [5.41, 5.74) is 7.05. The molecule has 2 aliphatic rings. The number of imide groups is 2. The third-order valence-electron chi connectivity index (χ3n) is 5.72. The summed E-state index contributed by atoms with van der Waals surface area (Å²) in [5.74, 6) is -1.93. The van der Waals surface area contributed by atoms with Gasteiger partial charge >= 0.3 is 0 Å². The number of hydrogen-bond donors (Lipinski definition) is 3. The lowest BCUT2D eigenvalue weighted by Gasteiger charge is -2.27. The van der Waals surface area contributed by atoms with Gasteiger partial charge in [-0.2, -0.15) is 0 Å². The van der Waals surface area contributed by atoms with Gasteiger partial charge in [0.05, 0.1) is 11.1 Å². The van der Waals surface area contributed by atoms with E-state index in [0.717, 1.165) is 49.4 Å². The van der Waals surface area contributed by atoms with Crippen LogP contribution in [0.5, 0.6) is 0 Å². The highest BCUT2D eigenvalue weighted by molar-refractivity contribution is 6.23. The number of nitrogens with two attached hydrogens (primary N) is 1. The Morgan fingerprint density at radius 3 is 2.58 bits per heavy atom. The molecule has 0 aliphatic carbocycles. The molecule has 31 heavy (non-hydrogen) atoms. The fourth-order valence-electron chi connectivity index (χ4n) is 3.97. The number of amides is 4. The quantitative estimate of drug-likeness (QED) is 0.340. The van der Waals surface area contributed by atoms with Gasteiger partial charge in [0.15, 0.2) is 0 Å². The van der Waals surface area contributed by atoms with E-state index in [4.69, 9.17) is 5.73 Å². The smallest absolute Gasteiger partial charge is 0.262 e. The van der Waals surface area contributed by atoms with Crippen molar-refractivity contribution in [3.8, 4) is 0 Å². The molecule has 1 aromatic carbocycles. The number of rotatable bonds is 11. The highest BCUT2D eigenvalue weighted by Crippen LogP contribution is 2.28. The molecule has 0 spiro atoms. The minimum Gasteiger partial charge on any atom is -0.330 e. The van der Waals surface area contributed by atoms with Crippen molar-refractivity contribution in [1.29, 1.82) is 0 Å². The van der Waals surface area contributed by atoms with Crippen LogP contribution in [0.3, 0.4) is 0 Å². The number of carbonyl (C=O) groups excluding carboxylic acids is 4. The lowest BCUT2D eigenvalue weighted by Crippen LogP contribution is -2.54. The Labute approximate surface area is 182 Å². The molecule has 0 radical (unpaired) electrons. The van der Waals surface area contributed by atoms with Crippen LogP contribution in [-0.2, 0) is 16.1 Å². The van der Waals surface area contributed by atoms with Crippen molar-refractivity contribution < 1.29 is 19.2 Å². The molecule has 4 amide bonds. The molecule has 2 heterocycles. The number of fused-ring (bicyclic) bond motifs is 1. The lowest BCUT2D eigenvalue weighted by molar-refractivity contribution is -0.136. The Hall–Kier alpha value is -2.62. The van der Waals surface area contributed by atoms with Gasteiger partial charge in [-0.3, -0.25) is 29.4 Å². The molecule has 1 saturated heterocycles. The fourth-order valence-corrected chi connectivity index (χ4v) is 3.97. The molecular weight excluding hydrogens is 398 g/mol. The third kappa shape index (κ3) is 5.55. The van der Waals surface area contributed by atoms with E-state index in [2.05, 4.69) is 22.6 Å². The Morgan fingerprint density at radius 1 is 1.10 bits per heavy atom. The molecule has 4 N–H and O–H groups in total. The maximum Gasteiger partial charge on any atom is 0.262 e. The van der Waals surface area contributed by atoms with E-state index < -0.39 is 23.8 Å². The Kier molecular flexibility index (Phi) is 7.89. The first kappa shape index (κ1) is 23.1. The standard InChI is InChI=1S/C22H31N5O4/c1-26(12-4-9-23)11-3-2-10-24-14-15-5-6-16-17(13-15)22(31)27(21(16)30)18-7-8-19(28)25-20(18)29/h5-6,13,18,24H,2-4,7-12,14,23H2,1H3,(H,25,28,29). The van der Waals surface area contributed by atoms with Gasteiger partial charge in [-0.25, -0.2) is 0 Å². The highest BCUT2D eigenvalue weighted by Gasteiger charge is 2.44. The minimum absolute atomic E-state index is 0.113. The SMILES string of the molecule is CN(CCCN)CCCCNCc1ccc2c(c1)C(=O)N(C1CCC(=O)NC1=O)C2=O. The first-order valence-corrected chi connectivity index (χ1v) is 10.9. The summed E-state index contributed by atoms with van der Waals surface area (Å²) in [6, 6.07) is 4.25. The summed E-state index contributed by atoms with van der Waals surface area (Å²) in [4.78, 5) is 52.3. The van der Waals surface area contributed by atoms with Crippen LogP contribution >= 0.6 is 0 Å². The van der Waals surface area contributed by atoms with Crippen molar-refractivity contribution in [3.63, 3.8) is 0 Å². The van der Waals surface area contributed by atoms with E-state index in [9.17, 15) is 19.2 Å². The number of piperidine rings is 1. The Morgan fingerprint density at radius 2 is 1.84 bits per heavy atom. The van der Waals surface area contributed by atoms with Gasteiger partial charge in [-0.15, -0.1) is 0 Å². The van der Waals surface area contributed by atoms with Gasteiger partial charge in [0.1, 0.15) is 6.04 Å². The average molecular weight is 430 g/mol. The summed E-state index contributed by atoms with van der Waals surface area (Å²) in [6.45, 7) is 4.22. The Bertz CT molecular complexity index is 856. The van der Waals surface area contributed by atoms with E-state index >= 15 is 0 Å². The molecule has 1 unspecified atom stereocenters. The summed E-state index contributed by atoms with van der Waals surface area (Å²) < 4.78 is 0. The second-order valence-electron chi connectivity index (χ2n) is 8.16. The van der Waals surface area contributed by atoms with Gasteiger partial charge in [-0.1, -0.05) is 6.07 Å². The largest absolute Gasteiger partial charge is 0.330 e. The van der Waals surface area contributed by atoms with Crippen molar-refractivity contribution in [2.24, 2.45) is 5.73 Å². The maximum atomic E-state index is 12.8. The van der Waals surface area contributed by atoms with Crippen LogP contribution in [0.15, 0.2) is 18.2 Å². The fraction of sp³-hybridized carbons (Fsp3) is 0.545. The second-order valence-corrected chi connectivity index (χ2v) is 8.16. The molecule has 0 bridgehead atoms. The lowest BCUT2D eigenvalue weighted by atomic mass is 10.0. The first-order valence-electron chi connectivity index (χ1n) is 10.9. The Balaban J connectivity index is 1.50. The topological polar surface area (TPSA) is 125 Å². The zero-order chi connectivity index (χ0) is 22.4. The molecule has 1 aromatic rings. The zero-order valence-corrected chi connectivity index (χ0v) is 18.0. The maximum absolute atomic E-state index is 12.8. The van der Waals surface area contributed by atoms with E-state index in [-0.39, 0.29) is 18.7 Å². The van der Waals surface area contributed by atoms with Crippen LogP contribution in [0, 0.1) is 0 Å². The van der Waals surface area contributed by atoms with Crippen molar-refractivity contribution in [3.05, 3.63) is 34.9 Å². The molecule has 1 atom stereocenters. The van der Waals surface area contributed by atoms with Crippen molar-refractivity contribution in [1.82, 2.24) is 20.4 Å². The molecular formula is C22H31N5O4. The minimum atomic E-state index is -0.936. The van der Waals surface area contributed by atoms with Crippen LogP contribution in [0.1, 0.15) is 58.4 Å². The molecule has 168 valence electrons. The number of carbonyl (C=O) groups is 4. The zero-order valence-electron chi connectivity index (χ0n) is 18.0. The summed E-state index contributed by atoms with van der Waals surface area (Å²) in [5, 5.41) is 5.58. The van der Waals surface area contributed by atoms with Gasteiger partial charge < -0.3 is 16.0 Å².